The molecule has 0 spiro atoms. The van der Waals surface area contributed by atoms with Crippen molar-refractivity contribution in [3.63, 3.8) is 0 Å². The second-order valence-electron chi connectivity index (χ2n) is 3.16. The Morgan fingerprint density at radius 2 is 2.19 bits per heavy atom. The van der Waals surface area contributed by atoms with Crippen molar-refractivity contribution in [2.75, 3.05) is 0 Å². The van der Waals surface area contributed by atoms with Crippen molar-refractivity contribution in [1.29, 1.82) is 5.26 Å². The van der Waals surface area contributed by atoms with Crippen LogP contribution in [-0.4, -0.2) is 11.1 Å². The van der Waals surface area contributed by atoms with Crippen LogP contribution in [0.1, 0.15) is 40.4 Å². The van der Waals surface area contributed by atoms with Crippen LogP contribution in [0, 0.1) is 11.3 Å². The molecule has 16 heavy (non-hydrogen) atoms. The van der Waals surface area contributed by atoms with Crippen molar-refractivity contribution in [2.24, 2.45) is 0 Å². The molecule has 0 aromatic heterocycles. The molecule has 1 aromatic carbocycles. The van der Waals surface area contributed by atoms with Gasteiger partial charge in [-0.05, 0) is 24.1 Å². The predicted octanol–water partition coefficient (Wildman–Crippen LogP) is 2.76. The molecule has 5 heteroatoms. The highest BCUT2D eigenvalue weighted by molar-refractivity contribution is 5.90. The molecule has 3 nitrogen and oxygen atoms in total. The van der Waals surface area contributed by atoms with E-state index in [2.05, 4.69) is 0 Å². The maximum atomic E-state index is 12.7. The minimum absolute atomic E-state index is 0.0649. The van der Waals surface area contributed by atoms with Gasteiger partial charge in [0.05, 0.1) is 17.2 Å². The molecule has 1 N–H and O–H groups in total. The molecule has 84 valence electrons. The van der Waals surface area contributed by atoms with Gasteiger partial charge in [0.1, 0.15) is 0 Å². The largest absolute Gasteiger partial charge is 0.478 e. The van der Waals surface area contributed by atoms with E-state index < -0.39 is 12.4 Å². The standard InChI is InChI=1S/C11H9F2NO2/c1-2-7-8(10(12)13)3-6(5-14)4-9(7)11(15)16/h3-4,10H,2H2,1H3,(H,15,16). The Hall–Kier alpha value is -1.96. The molecule has 0 unspecified atom stereocenters. The van der Waals surface area contributed by atoms with E-state index in [-0.39, 0.29) is 28.7 Å². The molecular formula is C11H9F2NO2. The average Bonchev–Trinajstić information content (AvgIpc) is 2.26. The molecule has 0 aliphatic carbocycles. The number of carboxylic acids is 1. The first kappa shape index (κ1) is 12.1. The Labute approximate surface area is 90.9 Å². The highest BCUT2D eigenvalue weighted by Crippen LogP contribution is 2.27. The van der Waals surface area contributed by atoms with Crippen LogP contribution in [0.3, 0.4) is 0 Å². The summed E-state index contributed by atoms with van der Waals surface area (Å²) >= 11 is 0. The fourth-order valence-corrected chi connectivity index (χ4v) is 1.54. The smallest absolute Gasteiger partial charge is 0.336 e. The van der Waals surface area contributed by atoms with Gasteiger partial charge in [0.25, 0.3) is 6.43 Å². The monoisotopic (exact) mass is 225 g/mol. The number of nitrogens with zero attached hydrogens (tertiary/aromatic N) is 1. The van der Waals surface area contributed by atoms with Gasteiger partial charge in [-0.1, -0.05) is 6.92 Å². The number of aromatic carboxylic acids is 1. The third-order valence-corrected chi connectivity index (χ3v) is 2.23. The lowest BCUT2D eigenvalue weighted by atomic mass is 9.96. The summed E-state index contributed by atoms with van der Waals surface area (Å²) in [5.74, 6) is -1.30. The second-order valence-corrected chi connectivity index (χ2v) is 3.16. The van der Waals surface area contributed by atoms with E-state index in [0.29, 0.717) is 0 Å². The lowest BCUT2D eigenvalue weighted by Crippen LogP contribution is -2.07. The lowest BCUT2D eigenvalue weighted by Gasteiger charge is -2.10. The lowest BCUT2D eigenvalue weighted by molar-refractivity contribution is 0.0695. The molecule has 0 saturated carbocycles. The number of halogens is 2. The molecule has 1 aromatic rings. The summed E-state index contributed by atoms with van der Waals surface area (Å²) < 4.78 is 25.3. The van der Waals surface area contributed by atoms with Crippen molar-refractivity contribution >= 4 is 5.97 Å². The van der Waals surface area contributed by atoms with Gasteiger partial charge < -0.3 is 5.11 Å². The summed E-state index contributed by atoms with van der Waals surface area (Å²) in [6.45, 7) is 1.60. The number of hydrogen-bond donors (Lipinski definition) is 1. The van der Waals surface area contributed by atoms with Crippen LogP contribution in [0.25, 0.3) is 0 Å². The number of benzene rings is 1. The third-order valence-electron chi connectivity index (χ3n) is 2.23. The van der Waals surface area contributed by atoms with E-state index in [4.69, 9.17) is 10.4 Å². The molecule has 0 heterocycles. The SMILES string of the molecule is CCc1c(C(=O)O)cc(C#N)cc1C(F)F. The average molecular weight is 225 g/mol. The van der Waals surface area contributed by atoms with Crippen molar-refractivity contribution in [3.8, 4) is 6.07 Å². The quantitative estimate of drug-likeness (QED) is 0.860. The van der Waals surface area contributed by atoms with Crippen LogP contribution >= 0.6 is 0 Å². The van der Waals surface area contributed by atoms with Crippen molar-refractivity contribution in [1.82, 2.24) is 0 Å². The van der Waals surface area contributed by atoms with E-state index in [1.54, 1.807) is 13.0 Å². The normalized spacial score (nSPS) is 10.2. The Morgan fingerprint density at radius 1 is 1.56 bits per heavy atom. The fourth-order valence-electron chi connectivity index (χ4n) is 1.54. The minimum atomic E-state index is -2.78. The molecular weight excluding hydrogens is 216 g/mol. The Bertz CT molecular complexity index is 464. The number of carboxylic acid groups (broad SMARTS) is 1. The minimum Gasteiger partial charge on any atom is -0.478 e. The maximum absolute atomic E-state index is 12.7. The third kappa shape index (κ3) is 2.16. The zero-order chi connectivity index (χ0) is 12.3. The first-order chi connectivity index (χ1) is 7.51. The van der Waals surface area contributed by atoms with E-state index in [9.17, 15) is 13.6 Å². The van der Waals surface area contributed by atoms with Crippen LogP contribution in [0.15, 0.2) is 12.1 Å². The van der Waals surface area contributed by atoms with Crippen molar-refractivity contribution < 1.29 is 18.7 Å². The zero-order valence-electron chi connectivity index (χ0n) is 8.50. The van der Waals surface area contributed by atoms with Crippen LogP contribution in [0.4, 0.5) is 8.78 Å². The number of nitriles is 1. The van der Waals surface area contributed by atoms with Crippen LogP contribution in [0.2, 0.25) is 0 Å². The number of rotatable bonds is 3. The summed E-state index contributed by atoms with van der Waals surface area (Å²) in [6, 6.07) is 3.83. The number of hydrogen-bond acceptors (Lipinski definition) is 2. The van der Waals surface area contributed by atoms with Crippen LogP contribution in [0.5, 0.6) is 0 Å². The van der Waals surface area contributed by atoms with Crippen molar-refractivity contribution in [3.05, 3.63) is 34.4 Å². The van der Waals surface area contributed by atoms with Gasteiger partial charge in [-0.3, -0.25) is 0 Å². The highest BCUT2D eigenvalue weighted by Gasteiger charge is 2.20. The van der Waals surface area contributed by atoms with Gasteiger partial charge in [0.15, 0.2) is 0 Å². The summed E-state index contributed by atoms with van der Waals surface area (Å²) in [5.41, 5.74) is -0.581. The van der Waals surface area contributed by atoms with Gasteiger partial charge in [-0.25, -0.2) is 13.6 Å². The number of alkyl halides is 2. The Kier molecular flexibility index (Phi) is 3.56. The Morgan fingerprint density at radius 3 is 2.56 bits per heavy atom. The molecule has 0 bridgehead atoms. The first-order valence-corrected chi connectivity index (χ1v) is 4.59. The molecule has 0 fully saturated rings. The van der Waals surface area contributed by atoms with Gasteiger partial charge in [0, 0.05) is 5.56 Å². The second kappa shape index (κ2) is 4.71. The van der Waals surface area contributed by atoms with E-state index >= 15 is 0 Å². The van der Waals surface area contributed by atoms with E-state index in [0.717, 1.165) is 12.1 Å². The van der Waals surface area contributed by atoms with E-state index in [1.807, 2.05) is 0 Å². The summed E-state index contributed by atoms with van der Waals surface area (Å²) in [7, 11) is 0. The van der Waals surface area contributed by atoms with Gasteiger partial charge in [-0.2, -0.15) is 5.26 Å². The van der Waals surface area contributed by atoms with Gasteiger partial charge in [-0.15, -0.1) is 0 Å². The molecule has 0 saturated heterocycles. The summed E-state index contributed by atoms with van der Waals surface area (Å²) in [5, 5.41) is 17.5. The molecule has 1 rings (SSSR count). The molecule has 0 radical (unpaired) electrons. The van der Waals surface area contributed by atoms with E-state index in [1.165, 1.54) is 0 Å². The highest BCUT2D eigenvalue weighted by atomic mass is 19.3. The molecule has 0 aliphatic rings. The summed E-state index contributed by atoms with van der Waals surface area (Å²) in [6.07, 6.45) is -2.59. The van der Waals surface area contributed by atoms with Crippen LogP contribution < -0.4 is 0 Å². The van der Waals surface area contributed by atoms with Crippen molar-refractivity contribution in [2.45, 2.75) is 19.8 Å². The predicted molar refractivity (Wildman–Crippen MR) is 52.5 cm³/mol. The number of carbonyl (C=O) groups is 1. The Balaban J connectivity index is 3.54. The first-order valence-electron chi connectivity index (χ1n) is 4.59. The fraction of sp³-hybridized carbons (Fsp3) is 0.273. The zero-order valence-corrected chi connectivity index (χ0v) is 8.50. The van der Waals surface area contributed by atoms with Gasteiger partial charge >= 0.3 is 5.97 Å². The maximum Gasteiger partial charge on any atom is 0.336 e. The molecule has 0 amide bonds. The molecule has 0 aliphatic heterocycles. The topological polar surface area (TPSA) is 61.1 Å². The summed E-state index contributed by atoms with van der Waals surface area (Å²) in [4.78, 5) is 10.9. The van der Waals surface area contributed by atoms with Gasteiger partial charge in [0.2, 0.25) is 0 Å². The van der Waals surface area contributed by atoms with Crippen LogP contribution in [-0.2, 0) is 6.42 Å². The molecule has 0 atom stereocenters.